The third-order valence-electron chi connectivity index (χ3n) is 1.95. The predicted molar refractivity (Wildman–Crippen MR) is 69.1 cm³/mol. The van der Waals surface area contributed by atoms with Crippen LogP contribution in [0.5, 0.6) is 0 Å². The molecule has 0 aliphatic heterocycles. The second-order valence-corrected chi connectivity index (χ2v) is 4.78. The summed E-state index contributed by atoms with van der Waals surface area (Å²) in [6.07, 6.45) is 0. The lowest BCUT2D eigenvalue weighted by molar-refractivity contribution is -0.144. The van der Waals surface area contributed by atoms with E-state index in [0.717, 1.165) is 0 Å². The quantitative estimate of drug-likeness (QED) is 0.562. The number of carbonyl (C=O) groups is 3. The third-order valence-corrected chi connectivity index (χ3v) is 3.21. The number of nitrogens with two attached hydrogens (primary N) is 1. The minimum absolute atomic E-state index is 0.251. The van der Waals surface area contributed by atoms with Gasteiger partial charge in [-0.05, 0) is 13.8 Å². The summed E-state index contributed by atoms with van der Waals surface area (Å²) in [4.78, 5) is 33.6. The van der Waals surface area contributed by atoms with Crippen LogP contribution in [0.25, 0.3) is 0 Å². The van der Waals surface area contributed by atoms with E-state index in [-0.39, 0.29) is 12.4 Å². The Morgan fingerprint density at radius 1 is 1.39 bits per heavy atom. The van der Waals surface area contributed by atoms with Gasteiger partial charge in [-0.1, -0.05) is 0 Å². The molecule has 3 amide bonds. The lowest BCUT2D eigenvalue weighted by atomic mass is 10.4. The van der Waals surface area contributed by atoms with Crippen molar-refractivity contribution in [2.75, 3.05) is 19.4 Å². The van der Waals surface area contributed by atoms with Crippen molar-refractivity contribution in [1.82, 2.24) is 10.6 Å². The van der Waals surface area contributed by atoms with Crippen LogP contribution in [0.2, 0.25) is 0 Å². The van der Waals surface area contributed by atoms with Gasteiger partial charge >= 0.3 is 12.0 Å². The highest BCUT2D eigenvalue weighted by Crippen LogP contribution is 2.11. The molecular weight excluding hydrogens is 258 g/mol. The van der Waals surface area contributed by atoms with Gasteiger partial charge in [-0.2, -0.15) is 0 Å². The Morgan fingerprint density at radius 3 is 2.50 bits per heavy atom. The van der Waals surface area contributed by atoms with Crippen molar-refractivity contribution in [3.8, 4) is 0 Å². The predicted octanol–water partition coefficient (Wildman–Crippen LogP) is -0.546. The van der Waals surface area contributed by atoms with Gasteiger partial charge in [0.15, 0.2) is 0 Å². The number of amides is 3. The zero-order valence-electron chi connectivity index (χ0n) is 10.7. The molecule has 0 aromatic rings. The Labute approximate surface area is 110 Å². The smallest absolute Gasteiger partial charge is 0.323 e. The van der Waals surface area contributed by atoms with E-state index in [1.54, 1.807) is 13.8 Å². The highest BCUT2D eigenvalue weighted by molar-refractivity contribution is 8.00. The molecule has 0 saturated heterocycles. The van der Waals surface area contributed by atoms with E-state index in [1.807, 2.05) is 0 Å². The van der Waals surface area contributed by atoms with Gasteiger partial charge in [0.05, 0.1) is 11.9 Å². The van der Waals surface area contributed by atoms with E-state index in [0.29, 0.717) is 0 Å². The highest BCUT2D eigenvalue weighted by Gasteiger charge is 2.20. The molecule has 2 atom stereocenters. The van der Waals surface area contributed by atoms with Crippen LogP contribution in [-0.2, 0) is 14.3 Å². The average Bonchev–Trinajstić information content (AvgIpc) is 2.35. The summed E-state index contributed by atoms with van der Waals surface area (Å²) in [6, 6.07) is -1.34. The van der Waals surface area contributed by atoms with Gasteiger partial charge < -0.3 is 15.8 Å². The van der Waals surface area contributed by atoms with E-state index in [2.05, 4.69) is 10.6 Å². The lowest BCUT2D eigenvalue weighted by Gasteiger charge is -2.14. The fraction of sp³-hybridized carbons (Fsp3) is 0.700. The molecule has 0 aliphatic rings. The van der Waals surface area contributed by atoms with Crippen molar-refractivity contribution in [3.63, 3.8) is 0 Å². The average molecular weight is 277 g/mol. The molecule has 0 saturated carbocycles. The van der Waals surface area contributed by atoms with Gasteiger partial charge in [-0.25, -0.2) is 4.79 Å². The third kappa shape index (κ3) is 6.45. The minimum Gasteiger partial charge on any atom is -0.465 e. The molecule has 0 radical (unpaired) electrons. The zero-order valence-corrected chi connectivity index (χ0v) is 11.5. The van der Waals surface area contributed by atoms with Crippen LogP contribution >= 0.6 is 11.8 Å². The van der Waals surface area contributed by atoms with E-state index in [4.69, 9.17) is 10.5 Å². The summed E-state index contributed by atoms with van der Waals surface area (Å²) < 4.78 is 4.74. The van der Waals surface area contributed by atoms with Crippen molar-refractivity contribution < 1.29 is 19.1 Å². The molecule has 0 fully saturated rings. The minimum atomic E-state index is -0.773. The number of urea groups is 1. The van der Waals surface area contributed by atoms with Gasteiger partial charge in [-0.15, -0.1) is 11.8 Å². The number of rotatable bonds is 6. The molecular formula is C10H19N3O4S. The first-order valence-electron chi connectivity index (χ1n) is 5.48. The number of thioether (sulfide) groups is 1. The monoisotopic (exact) mass is 277 g/mol. The van der Waals surface area contributed by atoms with Crippen molar-refractivity contribution in [1.29, 1.82) is 0 Å². The molecule has 2 unspecified atom stereocenters. The van der Waals surface area contributed by atoms with Crippen LogP contribution in [0.4, 0.5) is 4.79 Å². The molecule has 0 rings (SSSR count). The van der Waals surface area contributed by atoms with E-state index < -0.39 is 29.2 Å². The molecule has 0 heterocycles. The van der Waals surface area contributed by atoms with Crippen molar-refractivity contribution in [2.45, 2.75) is 25.1 Å². The normalized spacial score (nSPS) is 13.3. The number of imide groups is 1. The Hall–Kier alpha value is -1.28. The van der Waals surface area contributed by atoms with E-state index in [1.165, 1.54) is 18.8 Å². The molecule has 4 N–H and O–H groups in total. The summed E-state index contributed by atoms with van der Waals surface area (Å²) >= 11 is 1.18. The number of ether oxygens (including phenoxy) is 1. The molecule has 0 aromatic carbocycles. The van der Waals surface area contributed by atoms with Gasteiger partial charge in [-0.3, -0.25) is 14.9 Å². The van der Waals surface area contributed by atoms with Crippen LogP contribution in [0.1, 0.15) is 13.8 Å². The number of esters is 1. The standard InChI is InChI=1S/C10H19N3O4S/c1-4-17-9(15)7(11)5-18-6(2)8(14)13-10(16)12-3/h6-7H,4-5,11H2,1-3H3,(H2,12,13,14,16). The fourth-order valence-electron chi connectivity index (χ4n) is 0.917. The largest absolute Gasteiger partial charge is 0.465 e. The first-order chi connectivity index (χ1) is 8.42. The van der Waals surface area contributed by atoms with E-state index in [9.17, 15) is 14.4 Å². The van der Waals surface area contributed by atoms with Gasteiger partial charge in [0.25, 0.3) is 0 Å². The van der Waals surface area contributed by atoms with Gasteiger partial charge in [0.2, 0.25) is 5.91 Å². The van der Waals surface area contributed by atoms with Crippen molar-refractivity contribution >= 4 is 29.7 Å². The number of carbonyl (C=O) groups excluding carboxylic acids is 3. The lowest BCUT2D eigenvalue weighted by Crippen LogP contribution is -2.42. The molecule has 7 nitrogen and oxygen atoms in total. The van der Waals surface area contributed by atoms with Crippen molar-refractivity contribution in [2.24, 2.45) is 5.73 Å². The highest BCUT2D eigenvalue weighted by atomic mass is 32.2. The van der Waals surface area contributed by atoms with Crippen LogP contribution in [0, 0.1) is 0 Å². The maximum Gasteiger partial charge on any atom is 0.323 e. The summed E-state index contributed by atoms with van der Waals surface area (Å²) in [6.45, 7) is 3.59. The van der Waals surface area contributed by atoms with E-state index >= 15 is 0 Å². The molecule has 8 heteroatoms. The Morgan fingerprint density at radius 2 is 2.00 bits per heavy atom. The maximum atomic E-state index is 11.5. The van der Waals surface area contributed by atoms with Gasteiger partial charge in [0, 0.05) is 12.8 Å². The van der Waals surface area contributed by atoms with Crippen LogP contribution in [0.15, 0.2) is 0 Å². The topological polar surface area (TPSA) is 111 Å². The SMILES string of the molecule is CCOC(=O)C(N)CSC(C)C(=O)NC(=O)NC. The summed E-state index contributed by atoms with van der Waals surface area (Å²) in [5.74, 6) is -0.680. The van der Waals surface area contributed by atoms with Crippen LogP contribution < -0.4 is 16.4 Å². The molecule has 18 heavy (non-hydrogen) atoms. The Kier molecular flexibility index (Phi) is 8.14. The summed E-state index contributed by atoms with van der Waals surface area (Å²) in [7, 11) is 1.41. The van der Waals surface area contributed by atoms with Gasteiger partial charge in [0.1, 0.15) is 6.04 Å². The molecule has 0 bridgehead atoms. The Bertz CT molecular complexity index is 311. The number of hydrogen-bond acceptors (Lipinski definition) is 6. The molecule has 0 aromatic heterocycles. The first kappa shape index (κ1) is 16.7. The summed E-state index contributed by atoms with van der Waals surface area (Å²) in [5, 5.41) is 3.93. The fourth-order valence-corrected chi connectivity index (χ4v) is 1.76. The first-order valence-corrected chi connectivity index (χ1v) is 6.53. The molecule has 0 spiro atoms. The van der Waals surface area contributed by atoms with Crippen molar-refractivity contribution in [3.05, 3.63) is 0 Å². The second kappa shape index (κ2) is 8.76. The Balaban J connectivity index is 4.02. The number of nitrogens with one attached hydrogen (secondary N) is 2. The van der Waals surface area contributed by atoms with Crippen LogP contribution in [-0.4, -0.2) is 48.6 Å². The maximum absolute atomic E-state index is 11.5. The number of hydrogen-bond donors (Lipinski definition) is 3. The summed E-state index contributed by atoms with van der Waals surface area (Å²) in [5.41, 5.74) is 5.57. The second-order valence-electron chi connectivity index (χ2n) is 3.40. The zero-order chi connectivity index (χ0) is 14.1. The van der Waals surface area contributed by atoms with Crippen LogP contribution in [0.3, 0.4) is 0 Å². The molecule has 104 valence electrons. The molecule has 0 aliphatic carbocycles.